The summed E-state index contributed by atoms with van der Waals surface area (Å²) in [4.78, 5) is 9.65. The number of rotatable bonds is 7. The summed E-state index contributed by atoms with van der Waals surface area (Å²) in [6.07, 6.45) is 11.5. The zero-order valence-electron chi connectivity index (χ0n) is 17.5. The van der Waals surface area contributed by atoms with Gasteiger partial charge in [0, 0.05) is 50.6 Å². The maximum absolute atomic E-state index is 5.78. The fraction of sp³-hybridized carbons (Fsp3) is 0.783. The van der Waals surface area contributed by atoms with Crippen LogP contribution in [0.4, 0.5) is 0 Å². The van der Waals surface area contributed by atoms with Crippen molar-refractivity contribution in [2.75, 3.05) is 59.7 Å². The Morgan fingerprint density at radius 1 is 1.25 bits per heavy atom. The Labute approximate surface area is 170 Å². The Morgan fingerprint density at radius 3 is 2.93 bits per heavy atom. The molecule has 0 spiro atoms. The highest BCUT2D eigenvalue weighted by Crippen LogP contribution is 2.47. The number of piperidine rings is 1. The maximum atomic E-state index is 5.78. The van der Waals surface area contributed by atoms with Crippen molar-refractivity contribution in [2.45, 2.75) is 44.6 Å². The first-order chi connectivity index (χ1) is 13.8. The molecular weight excluding hydrogens is 350 g/mol. The zero-order valence-corrected chi connectivity index (χ0v) is 17.5. The average Bonchev–Trinajstić information content (AvgIpc) is 2.75. The number of likely N-dealkylation sites (tertiary alicyclic amines) is 1. The quantitative estimate of drug-likeness (QED) is 0.719. The maximum Gasteiger partial charge on any atom is 0.0594 e. The average molecular weight is 388 g/mol. The third kappa shape index (κ3) is 4.76. The molecule has 0 aromatic carbocycles. The van der Waals surface area contributed by atoms with Crippen LogP contribution in [0.2, 0.25) is 0 Å². The smallest absolute Gasteiger partial charge is 0.0594 e. The second-order valence-electron chi connectivity index (χ2n) is 9.10. The summed E-state index contributed by atoms with van der Waals surface area (Å²) in [6.45, 7) is 8.65. The molecule has 3 fully saturated rings. The van der Waals surface area contributed by atoms with Crippen LogP contribution >= 0.6 is 0 Å². The minimum absolute atomic E-state index is 0.365. The Bertz CT molecular complexity index is 593. The summed E-state index contributed by atoms with van der Waals surface area (Å²) in [6, 6.07) is 5.00. The van der Waals surface area contributed by atoms with Crippen molar-refractivity contribution in [1.82, 2.24) is 14.8 Å². The van der Waals surface area contributed by atoms with E-state index in [2.05, 4.69) is 20.9 Å². The van der Waals surface area contributed by atoms with Gasteiger partial charge in [-0.15, -0.1) is 0 Å². The van der Waals surface area contributed by atoms with Crippen LogP contribution in [0.1, 0.15) is 37.7 Å². The Hall–Kier alpha value is -1.01. The largest absolute Gasteiger partial charge is 0.384 e. The Morgan fingerprint density at radius 2 is 2.14 bits per heavy atom. The van der Waals surface area contributed by atoms with Crippen LogP contribution in [0.15, 0.2) is 24.5 Å². The van der Waals surface area contributed by atoms with E-state index in [9.17, 15) is 0 Å². The minimum Gasteiger partial charge on any atom is -0.384 e. The number of pyridine rings is 1. The lowest BCUT2D eigenvalue weighted by Crippen LogP contribution is -2.57. The molecule has 3 aliphatic rings. The molecule has 0 N–H and O–H groups in total. The molecule has 1 aliphatic carbocycles. The van der Waals surface area contributed by atoms with Gasteiger partial charge >= 0.3 is 0 Å². The van der Waals surface area contributed by atoms with Gasteiger partial charge in [0.15, 0.2) is 0 Å². The van der Waals surface area contributed by atoms with Crippen molar-refractivity contribution < 1.29 is 9.47 Å². The van der Waals surface area contributed by atoms with Gasteiger partial charge in [-0.2, -0.15) is 0 Å². The number of fused-ring (bicyclic) bond motifs is 1. The summed E-state index contributed by atoms with van der Waals surface area (Å²) in [5, 5.41) is 0. The highest BCUT2D eigenvalue weighted by Gasteiger charge is 2.47. The van der Waals surface area contributed by atoms with E-state index in [4.69, 9.17) is 9.47 Å². The molecule has 1 aromatic heterocycles. The van der Waals surface area contributed by atoms with Gasteiger partial charge in [-0.1, -0.05) is 6.07 Å². The number of aromatic nitrogens is 1. The van der Waals surface area contributed by atoms with Crippen molar-refractivity contribution in [1.29, 1.82) is 0 Å². The predicted octanol–water partition coefficient (Wildman–Crippen LogP) is 2.85. The van der Waals surface area contributed by atoms with Crippen LogP contribution in [0.25, 0.3) is 0 Å². The third-order valence-corrected chi connectivity index (χ3v) is 7.39. The molecule has 3 atom stereocenters. The van der Waals surface area contributed by atoms with Gasteiger partial charge in [-0.05, 0) is 69.2 Å². The third-order valence-electron chi connectivity index (χ3n) is 7.39. The highest BCUT2D eigenvalue weighted by molar-refractivity contribution is 5.08. The van der Waals surface area contributed by atoms with Gasteiger partial charge in [0.2, 0.25) is 0 Å². The molecule has 4 rings (SSSR count). The van der Waals surface area contributed by atoms with Crippen LogP contribution in [0, 0.1) is 11.3 Å². The predicted molar refractivity (Wildman–Crippen MR) is 111 cm³/mol. The van der Waals surface area contributed by atoms with E-state index in [1.165, 1.54) is 57.3 Å². The Balaban J connectivity index is 1.32. The van der Waals surface area contributed by atoms with E-state index in [-0.39, 0.29) is 0 Å². The van der Waals surface area contributed by atoms with Crippen LogP contribution in [0.5, 0.6) is 0 Å². The van der Waals surface area contributed by atoms with Gasteiger partial charge in [0.05, 0.1) is 19.8 Å². The van der Waals surface area contributed by atoms with Crippen molar-refractivity contribution in [3.05, 3.63) is 30.1 Å². The van der Waals surface area contributed by atoms with E-state index in [1.54, 1.807) is 0 Å². The lowest BCUT2D eigenvalue weighted by molar-refractivity contribution is -0.0855. The molecule has 2 aliphatic heterocycles. The molecule has 0 amide bonds. The number of nitrogens with zero attached hydrogens (tertiary/aromatic N) is 3. The summed E-state index contributed by atoms with van der Waals surface area (Å²) in [5.74, 6) is 0.809. The number of hydrogen-bond donors (Lipinski definition) is 0. The fourth-order valence-electron chi connectivity index (χ4n) is 5.89. The normalized spacial score (nSPS) is 32.2. The molecule has 1 saturated carbocycles. The zero-order chi connectivity index (χ0) is 19.2. The summed E-state index contributed by atoms with van der Waals surface area (Å²) in [5.41, 5.74) is 1.72. The Kier molecular flexibility index (Phi) is 6.99. The van der Waals surface area contributed by atoms with E-state index in [0.717, 1.165) is 51.3 Å². The molecule has 0 radical (unpaired) electrons. The van der Waals surface area contributed by atoms with Crippen molar-refractivity contribution in [2.24, 2.45) is 11.3 Å². The molecule has 2 saturated heterocycles. The van der Waals surface area contributed by atoms with E-state index >= 15 is 0 Å². The van der Waals surface area contributed by atoms with Crippen LogP contribution in [0.3, 0.4) is 0 Å². The first kappa shape index (κ1) is 20.3. The molecule has 156 valence electrons. The molecule has 0 bridgehead atoms. The number of ether oxygens (including phenoxy) is 2. The van der Waals surface area contributed by atoms with E-state index < -0.39 is 0 Å². The van der Waals surface area contributed by atoms with Crippen molar-refractivity contribution >= 4 is 0 Å². The second kappa shape index (κ2) is 9.66. The van der Waals surface area contributed by atoms with Gasteiger partial charge in [0.25, 0.3) is 0 Å². The molecule has 1 aromatic rings. The fourth-order valence-corrected chi connectivity index (χ4v) is 5.89. The molecule has 3 heterocycles. The summed E-state index contributed by atoms with van der Waals surface area (Å²) in [7, 11) is 1.89. The molecule has 28 heavy (non-hydrogen) atoms. The van der Waals surface area contributed by atoms with Crippen molar-refractivity contribution in [3.8, 4) is 0 Å². The van der Waals surface area contributed by atoms with E-state index in [1.807, 2.05) is 25.6 Å². The molecule has 5 heteroatoms. The molecular formula is C23H37N3O2. The van der Waals surface area contributed by atoms with Gasteiger partial charge in [-0.25, -0.2) is 0 Å². The second-order valence-corrected chi connectivity index (χ2v) is 9.10. The number of aryl methyl sites for hydroxylation is 1. The lowest BCUT2D eigenvalue weighted by Gasteiger charge is -2.54. The topological polar surface area (TPSA) is 37.8 Å². The standard InChI is InChI=1S/C23H37N3O2/c1-27-19-23-8-6-22(26-12-14-28-15-13-26)16-21(23)7-11-25(18-23)10-3-5-20-4-2-9-24-17-20/h2,4,9,17,21-22H,3,5-8,10-16,18-19H2,1H3/t21-,22-,23+/m1/s1. The number of hydrogen-bond acceptors (Lipinski definition) is 5. The van der Waals surface area contributed by atoms with Gasteiger partial charge in [0.1, 0.15) is 0 Å². The first-order valence-corrected chi connectivity index (χ1v) is 11.2. The molecule has 0 unspecified atom stereocenters. The first-order valence-electron chi connectivity index (χ1n) is 11.2. The SMILES string of the molecule is COC[C@@]12CC[C@@H](N3CCOCC3)C[C@H]1CCN(CCCc1cccnc1)C2. The van der Waals surface area contributed by atoms with Gasteiger partial charge in [-0.3, -0.25) is 9.88 Å². The van der Waals surface area contributed by atoms with Gasteiger partial charge < -0.3 is 14.4 Å². The molecule has 5 nitrogen and oxygen atoms in total. The highest BCUT2D eigenvalue weighted by atomic mass is 16.5. The minimum atomic E-state index is 0.365. The van der Waals surface area contributed by atoms with Crippen LogP contribution < -0.4 is 0 Å². The lowest BCUT2D eigenvalue weighted by atomic mass is 9.62. The number of methoxy groups -OCH3 is 1. The van der Waals surface area contributed by atoms with E-state index in [0.29, 0.717) is 5.41 Å². The summed E-state index contributed by atoms with van der Waals surface area (Å²) >= 11 is 0. The monoisotopic (exact) mass is 387 g/mol. The van der Waals surface area contributed by atoms with Crippen LogP contribution in [-0.4, -0.2) is 80.5 Å². The summed E-state index contributed by atoms with van der Waals surface area (Å²) < 4.78 is 11.3. The number of morpholine rings is 1. The van der Waals surface area contributed by atoms with Crippen LogP contribution in [-0.2, 0) is 15.9 Å². The van der Waals surface area contributed by atoms with Crippen molar-refractivity contribution in [3.63, 3.8) is 0 Å².